The minimum Gasteiger partial charge on any atom is -0.467 e. The minimum atomic E-state index is -1.15. The van der Waals surface area contributed by atoms with Crippen molar-refractivity contribution in [1.29, 1.82) is 0 Å². The maximum absolute atomic E-state index is 13.3. The summed E-state index contributed by atoms with van der Waals surface area (Å²) < 4.78 is 5.31. The molecule has 1 unspecified atom stereocenters. The Morgan fingerprint density at radius 1 is 0.781 bits per heavy atom. The van der Waals surface area contributed by atoms with Crippen LogP contribution in [0.25, 0.3) is 0 Å². The molecule has 0 aliphatic rings. The molecule has 3 aromatic rings. The molecule has 0 fully saturated rings. The van der Waals surface area contributed by atoms with Crippen LogP contribution in [0.2, 0.25) is 0 Å². The van der Waals surface area contributed by atoms with Gasteiger partial charge in [-0.2, -0.15) is 0 Å². The van der Waals surface area contributed by atoms with E-state index in [1.807, 2.05) is 67.6 Å². The predicted octanol–water partition coefficient (Wildman–Crippen LogP) is 6.56. The van der Waals surface area contributed by atoms with Crippen molar-refractivity contribution in [2.24, 2.45) is 4.99 Å². The van der Waals surface area contributed by atoms with Crippen molar-refractivity contribution in [3.8, 4) is 0 Å². The van der Waals surface area contributed by atoms with Crippen molar-refractivity contribution in [1.82, 2.24) is 0 Å². The Balaban J connectivity index is 2.22. The predicted molar refractivity (Wildman–Crippen MR) is 133 cm³/mol. The second kappa shape index (κ2) is 9.52. The van der Waals surface area contributed by atoms with Crippen LogP contribution in [-0.2, 0) is 14.9 Å². The van der Waals surface area contributed by atoms with Crippen molar-refractivity contribution in [3.63, 3.8) is 0 Å². The lowest BCUT2D eigenvalue weighted by Gasteiger charge is -2.40. The first kappa shape index (κ1) is 23.5. The van der Waals surface area contributed by atoms with Gasteiger partial charge in [-0.1, -0.05) is 113 Å². The van der Waals surface area contributed by atoms with Crippen LogP contribution in [0.1, 0.15) is 62.8 Å². The van der Waals surface area contributed by atoms with Crippen LogP contribution < -0.4 is 0 Å². The van der Waals surface area contributed by atoms with Gasteiger partial charge in [0.1, 0.15) is 0 Å². The second-order valence-corrected chi connectivity index (χ2v) is 9.16. The van der Waals surface area contributed by atoms with E-state index in [4.69, 9.17) is 9.73 Å². The molecule has 0 N–H and O–H groups in total. The zero-order valence-corrected chi connectivity index (χ0v) is 19.9. The lowest BCUT2D eigenvalue weighted by Crippen LogP contribution is -2.51. The quantitative estimate of drug-likeness (QED) is 0.316. The van der Waals surface area contributed by atoms with Gasteiger partial charge < -0.3 is 4.74 Å². The van der Waals surface area contributed by atoms with Gasteiger partial charge in [0.05, 0.1) is 12.8 Å². The fourth-order valence-corrected chi connectivity index (χ4v) is 3.92. The van der Waals surface area contributed by atoms with E-state index in [0.717, 1.165) is 22.4 Å². The van der Waals surface area contributed by atoms with Crippen LogP contribution in [-0.4, -0.2) is 24.3 Å². The monoisotopic (exact) mass is 427 g/mol. The van der Waals surface area contributed by atoms with Gasteiger partial charge in [-0.15, -0.1) is 0 Å². The number of aliphatic imine (C=N–C) groups is 1. The van der Waals surface area contributed by atoms with Gasteiger partial charge in [0.15, 0.2) is 5.54 Å². The second-order valence-electron chi connectivity index (χ2n) is 9.16. The Kier molecular flexibility index (Phi) is 6.98. The molecule has 0 heterocycles. The highest BCUT2D eigenvalue weighted by atomic mass is 16.5. The van der Waals surface area contributed by atoms with E-state index >= 15 is 0 Å². The third kappa shape index (κ3) is 4.52. The summed E-state index contributed by atoms with van der Waals surface area (Å²) in [4.78, 5) is 18.5. The number of methoxy groups -OCH3 is 1. The van der Waals surface area contributed by atoms with Gasteiger partial charge in [0.2, 0.25) is 0 Å². The summed E-state index contributed by atoms with van der Waals surface area (Å²) in [5, 5.41) is 0. The average Bonchev–Trinajstić information content (AvgIpc) is 2.82. The molecule has 3 nitrogen and oxygen atoms in total. The van der Waals surface area contributed by atoms with Gasteiger partial charge >= 0.3 is 5.97 Å². The highest BCUT2D eigenvalue weighted by Crippen LogP contribution is 2.40. The lowest BCUT2D eigenvalue weighted by atomic mass is 9.68. The number of nitrogens with zero attached hydrogens (tertiary/aromatic N) is 1. The molecule has 0 saturated heterocycles. The van der Waals surface area contributed by atoms with E-state index in [9.17, 15) is 4.79 Å². The third-order valence-electron chi connectivity index (χ3n) is 6.53. The molecule has 0 amide bonds. The van der Waals surface area contributed by atoms with Crippen molar-refractivity contribution in [3.05, 3.63) is 107 Å². The normalized spacial score (nSPS) is 13.3. The summed E-state index contributed by atoms with van der Waals surface area (Å²) >= 11 is 0. The summed E-state index contributed by atoms with van der Waals surface area (Å²) in [6, 6.07) is 28.5. The maximum atomic E-state index is 13.3. The molecule has 0 aliphatic carbocycles. The van der Waals surface area contributed by atoms with Crippen LogP contribution in [0.15, 0.2) is 89.9 Å². The number of carbonyl (C=O) groups excluding carboxylic acids is 1. The average molecular weight is 428 g/mol. The molecular weight excluding hydrogens is 394 g/mol. The van der Waals surface area contributed by atoms with Gasteiger partial charge in [0, 0.05) is 16.5 Å². The minimum absolute atomic E-state index is 0.361. The zero-order valence-electron chi connectivity index (χ0n) is 19.9. The molecule has 0 radical (unpaired) electrons. The Morgan fingerprint density at radius 3 is 1.66 bits per heavy atom. The Hall–Kier alpha value is -3.20. The lowest BCUT2D eigenvalue weighted by molar-refractivity contribution is -0.148. The van der Waals surface area contributed by atoms with Crippen molar-refractivity contribution in [2.75, 3.05) is 7.11 Å². The number of hydrogen-bond donors (Lipinski definition) is 0. The van der Waals surface area contributed by atoms with Crippen LogP contribution in [0.3, 0.4) is 0 Å². The number of rotatable bonds is 7. The summed E-state index contributed by atoms with van der Waals surface area (Å²) in [6.07, 6.45) is 0. The van der Waals surface area contributed by atoms with Crippen LogP contribution in [0.4, 0.5) is 0 Å². The molecule has 1 atom stereocenters. The fourth-order valence-electron chi connectivity index (χ4n) is 3.92. The van der Waals surface area contributed by atoms with Gasteiger partial charge in [-0.25, -0.2) is 4.79 Å². The number of ether oxygens (including phenoxy) is 1. The first-order chi connectivity index (χ1) is 15.2. The summed E-state index contributed by atoms with van der Waals surface area (Å²) in [5.74, 6) is 0.0831. The topological polar surface area (TPSA) is 38.7 Å². The van der Waals surface area contributed by atoms with Crippen molar-refractivity contribution < 1.29 is 9.53 Å². The van der Waals surface area contributed by atoms with Gasteiger partial charge in [-0.05, 0) is 24.0 Å². The molecule has 0 aliphatic heterocycles. The van der Waals surface area contributed by atoms with E-state index in [-0.39, 0.29) is 5.97 Å². The smallest absolute Gasteiger partial charge is 0.334 e. The zero-order chi connectivity index (χ0) is 23.4. The summed E-state index contributed by atoms with van der Waals surface area (Å²) in [5.41, 5.74) is 3.22. The summed E-state index contributed by atoms with van der Waals surface area (Å²) in [6.45, 7) is 10.3. The molecule has 0 saturated carbocycles. The number of carbonyl (C=O) groups is 1. The van der Waals surface area contributed by atoms with E-state index in [1.54, 1.807) is 0 Å². The van der Waals surface area contributed by atoms with Gasteiger partial charge in [0.25, 0.3) is 0 Å². The Morgan fingerprint density at radius 2 is 1.25 bits per heavy atom. The number of esters is 1. The van der Waals surface area contributed by atoms with E-state index < -0.39 is 11.0 Å². The molecule has 0 spiro atoms. The third-order valence-corrected chi connectivity index (χ3v) is 6.53. The van der Waals surface area contributed by atoms with E-state index in [2.05, 4.69) is 52.0 Å². The molecular formula is C29H33NO2. The molecule has 166 valence electrons. The van der Waals surface area contributed by atoms with Crippen molar-refractivity contribution >= 4 is 11.7 Å². The molecule has 3 aromatic carbocycles. The largest absolute Gasteiger partial charge is 0.467 e. The van der Waals surface area contributed by atoms with Crippen LogP contribution in [0, 0.1) is 0 Å². The maximum Gasteiger partial charge on any atom is 0.334 e. The fraction of sp³-hybridized carbons (Fsp3) is 0.310. The standard InChI is InChI=1S/C29H33NO2/c1-21(2)22-17-19-25(20-18-22)28(3,4)29(5,27(31)32-6)30-26(23-13-9-7-10-14-23)24-15-11-8-12-16-24/h7-21H,1-6H3. The molecule has 3 rings (SSSR count). The summed E-state index contributed by atoms with van der Waals surface area (Å²) in [7, 11) is 1.43. The van der Waals surface area contributed by atoms with E-state index in [0.29, 0.717) is 5.92 Å². The molecule has 0 aromatic heterocycles. The molecule has 3 heteroatoms. The highest BCUT2D eigenvalue weighted by molar-refractivity contribution is 6.14. The number of hydrogen-bond acceptors (Lipinski definition) is 3. The number of benzene rings is 3. The first-order valence-corrected chi connectivity index (χ1v) is 11.1. The van der Waals surface area contributed by atoms with Crippen LogP contribution in [0.5, 0.6) is 0 Å². The van der Waals surface area contributed by atoms with E-state index in [1.165, 1.54) is 12.7 Å². The first-order valence-electron chi connectivity index (χ1n) is 11.1. The highest BCUT2D eigenvalue weighted by Gasteiger charge is 2.50. The molecule has 0 bridgehead atoms. The van der Waals surface area contributed by atoms with Gasteiger partial charge in [-0.3, -0.25) is 4.99 Å². The Labute approximate surface area is 192 Å². The van der Waals surface area contributed by atoms with Crippen molar-refractivity contribution in [2.45, 2.75) is 51.5 Å². The SMILES string of the molecule is COC(=O)C(C)(N=C(c1ccccc1)c1ccccc1)C(C)(C)c1ccc(C(C)C)cc1. The Bertz CT molecular complexity index is 1030. The van der Waals surface area contributed by atoms with Crippen LogP contribution >= 0.6 is 0 Å². The molecule has 32 heavy (non-hydrogen) atoms.